The van der Waals surface area contributed by atoms with Gasteiger partial charge in [-0.15, -0.1) is 0 Å². The van der Waals surface area contributed by atoms with Crippen molar-refractivity contribution >= 4 is 40.9 Å². The fraction of sp³-hybridized carbons (Fsp3) is 0.250. The molecule has 3 aromatic rings. The van der Waals surface area contributed by atoms with E-state index in [9.17, 15) is 14.4 Å². The molecule has 10 heteroatoms. The lowest BCUT2D eigenvalue weighted by molar-refractivity contribution is -0.121. The van der Waals surface area contributed by atoms with Crippen LogP contribution in [0.1, 0.15) is 28.4 Å². The van der Waals surface area contributed by atoms with Crippen LogP contribution in [0.15, 0.2) is 60.7 Å². The first-order valence-corrected chi connectivity index (χ1v) is 12.2. The number of para-hydroxylation sites is 1. The highest BCUT2D eigenvalue weighted by atomic mass is 35.5. The summed E-state index contributed by atoms with van der Waals surface area (Å²) >= 11 is 6.18. The predicted molar refractivity (Wildman–Crippen MR) is 146 cm³/mol. The van der Waals surface area contributed by atoms with Gasteiger partial charge in [0.1, 0.15) is 18.1 Å². The molecule has 0 aliphatic carbocycles. The van der Waals surface area contributed by atoms with Crippen LogP contribution in [-0.4, -0.2) is 44.8 Å². The van der Waals surface area contributed by atoms with E-state index in [2.05, 4.69) is 20.7 Å². The first kappa shape index (κ1) is 28.3. The van der Waals surface area contributed by atoms with Crippen LogP contribution in [0, 0.1) is 6.92 Å². The number of esters is 1. The van der Waals surface area contributed by atoms with Crippen LogP contribution in [0.2, 0.25) is 5.02 Å². The lowest BCUT2D eigenvalue weighted by atomic mass is 10.1. The number of ether oxygens (including phenoxy) is 3. The second-order valence-electron chi connectivity index (χ2n) is 8.52. The molecule has 3 aromatic carbocycles. The Labute approximate surface area is 226 Å². The van der Waals surface area contributed by atoms with Gasteiger partial charge in [-0.05, 0) is 61.4 Å². The highest BCUT2D eigenvalue weighted by molar-refractivity contribution is 6.32. The van der Waals surface area contributed by atoms with E-state index in [0.717, 1.165) is 5.56 Å². The Morgan fingerprint density at radius 1 is 0.921 bits per heavy atom. The summed E-state index contributed by atoms with van der Waals surface area (Å²) in [5.74, 6) is 0.106. The molecule has 0 saturated carbocycles. The first-order chi connectivity index (χ1) is 18.2. The van der Waals surface area contributed by atoms with Gasteiger partial charge < -0.3 is 30.2 Å². The zero-order valence-electron chi connectivity index (χ0n) is 21.6. The van der Waals surface area contributed by atoms with E-state index in [1.54, 1.807) is 37.3 Å². The van der Waals surface area contributed by atoms with Crippen LogP contribution in [0.5, 0.6) is 11.5 Å². The number of amides is 3. The van der Waals surface area contributed by atoms with Gasteiger partial charge in [0.15, 0.2) is 0 Å². The number of carbonyl (C=O) groups is 3. The number of benzene rings is 3. The number of halogens is 1. The van der Waals surface area contributed by atoms with Crippen molar-refractivity contribution in [2.45, 2.75) is 26.3 Å². The summed E-state index contributed by atoms with van der Waals surface area (Å²) in [6, 6.07) is 16.5. The Bertz CT molecular complexity index is 1310. The van der Waals surface area contributed by atoms with Crippen LogP contribution >= 0.6 is 11.6 Å². The second kappa shape index (κ2) is 13.3. The van der Waals surface area contributed by atoms with E-state index in [1.165, 1.54) is 20.3 Å². The average molecular weight is 540 g/mol. The van der Waals surface area contributed by atoms with E-state index in [1.807, 2.05) is 31.2 Å². The molecule has 0 fully saturated rings. The zero-order valence-corrected chi connectivity index (χ0v) is 22.3. The van der Waals surface area contributed by atoms with Crippen molar-refractivity contribution in [2.24, 2.45) is 0 Å². The van der Waals surface area contributed by atoms with Crippen molar-refractivity contribution in [3.8, 4) is 11.5 Å². The number of aryl methyl sites for hydroxylation is 1. The molecule has 0 bridgehead atoms. The number of methoxy groups -OCH3 is 2. The van der Waals surface area contributed by atoms with Crippen LogP contribution in [-0.2, 0) is 16.0 Å². The van der Waals surface area contributed by atoms with Gasteiger partial charge in [-0.1, -0.05) is 35.9 Å². The Balaban J connectivity index is 1.52. The molecular weight excluding hydrogens is 510 g/mol. The zero-order chi connectivity index (χ0) is 27.7. The quantitative estimate of drug-likeness (QED) is 0.304. The smallest absolute Gasteiger partial charge is 0.337 e. The van der Waals surface area contributed by atoms with Crippen molar-refractivity contribution in [3.63, 3.8) is 0 Å². The van der Waals surface area contributed by atoms with Crippen molar-refractivity contribution in [1.82, 2.24) is 5.32 Å². The minimum absolute atomic E-state index is 0.102. The maximum atomic E-state index is 12.6. The summed E-state index contributed by atoms with van der Waals surface area (Å²) < 4.78 is 15.8. The Morgan fingerprint density at radius 3 is 2.34 bits per heavy atom. The first-order valence-electron chi connectivity index (χ1n) is 11.8. The topological polar surface area (TPSA) is 115 Å². The third-order valence-corrected chi connectivity index (χ3v) is 5.82. The summed E-state index contributed by atoms with van der Waals surface area (Å²) in [7, 11) is 2.78. The molecule has 38 heavy (non-hydrogen) atoms. The average Bonchev–Trinajstić information content (AvgIpc) is 2.89. The van der Waals surface area contributed by atoms with E-state index in [4.69, 9.17) is 21.1 Å². The SMILES string of the molecule is COC(=O)c1ccc(OC[C@H](C)NC(=O)Cc2ccc(NC(=O)Nc3ccccc3C)c(OC)c2)c(Cl)c1. The Kier molecular flexibility index (Phi) is 9.95. The summed E-state index contributed by atoms with van der Waals surface area (Å²) in [4.78, 5) is 36.6. The van der Waals surface area contributed by atoms with Crippen molar-refractivity contribution in [3.05, 3.63) is 82.4 Å². The highest BCUT2D eigenvalue weighted by Gasteiger charge is 2.14. The molecule has 200 valence electrons. The maximum absolute atomic E-state index is 12.6. The lowest BCUT2D eigenvalue weighted by Gasteiger charge is -2.17. The molecule has 0 aliphatic heterocycles. The van der Waals surface area contributed by atoms with Gasteiger partial charge in [-0.2, -0.15) is 0 Å². The predicted octanol–water partition coefficient (Wildman–Crippen LogP) is 5.21. The van der Waals surface area contributed by atoms with Crippen molar-refractivity contribution < 1.29 is 28.6 Å². The molecule has 0 spiro atoms. The van der Waals surface area contributed by atoms with Crippen LogP contribution in [0.4, 0.5) is 16.2 Å². The van der Waals surface area contributed by atoms with Crippen LogP contribution < -0.4 is 25.4 Å². The Hall–Kier alpha value is -4.24. The molecular formula is C28H30ClN3O6. The number of hydrogen-bond acceptors (Lipinski definition) is 6. The number of carbonyl (C=O) groups excluding carboxylic acids is 3. The van der Waals surface area contributed by atoms with Gasteiger partial charge in [0.25, 0.3) is 0 Å². The van der Waals surface area contributed by atoms with Gasteiger partial charge in [0.05, 0.1) is 43.0 Å². The monoisotopic (exact) mass is 539 g/mol. The van der Waals surface area contributed by atoms with E-state index in [-0.39, 0.29) is 30.0 Å². The number of nitrogens with one attached hydrogen (secondary N) is 3. The van der Waals surface area contributed by atoms with Gasteiger partial charge in [-0.3, -0.25) is 4.79 Å². The van der Waals surface area contributed by atoms with E-state index < -0.39 is 12.0 Å². The maximum Gasteiger partial charge on any atom is 0.337 e. The second-order valence-corrected chi connectivity index (χ2v) is 8.93. The van der Waals surface area contributed by atoms with Crippen molar-refractivity contribution in [1.29, 1.82) is 0 Å². The van der Waals surface area contributed by atoms with Crippen molar-refractivity contribution in [2.75, 3.05) is 31.5 Å². The largest absolute Gasteiger partial charge is 0.495 e. The fourth-order valence-corrected chi connectivity index (χ4v) is 3.80. The van der Waals surface area contributed by atoms with Crippen LogP contribution in [0.25, 0.3) is 0 Å². The molecule has 3 amide bonds. The number of anilines is 2. The van der Waals surface area contributed by atoms with E-state index >= 15 is 0 Å². The summed E-state index contributed by atoms with van der Waals surface area (Å²) in [5, 5.41) is 8.71. The number of urea groups is 1. The molecule has 1 atom stereocenters. The van der Waals surface area contributed by atoms with Gasteiger partial charge in [-0.25, -0.2) is 9.59 Å². The molecule has 0 radical (unpaired) electrons. The van der Waals surface area contributed by atoms with Gasteiger partial charge >= 0.3 is 12.0 Å². The molecule has 3 rings (SSSR count). The molecule has 0 heterocycles. The molecule has 0 saturated heterocycles. The van der Waals surface area contributed by atoms with Gasteiger partial charge in [0, 0.05) is 5.69 Å². The molecule has 3 N–H and O–H groups in total. The third-order valence-electron chi connectivity index (χ3n) is 5.52. The lowest BCUT2D eigenvalue weighted by Crippen LogP contribution is -2.37. The fourth-order valence-electron chi connectivity index (χ4n) is 3.57. The summed E-state index contributed by atoms with van der Waals surface area (Å²) in [6.45, 7) is 3.88. The van der Waals surface area contributed by atoms with Gasteiger partial charge in [0.2, 0.25) is 5.91 Å². The molecule has 0 aromatic heterocycles. The van der Waals surface area contributed by atoms with Crippen LogP contribution in [0.3, 0.4) is 0 Å². The molecule has 9 nitrogen and oxygen atoms in total. The summed E-state index contributed by atoms with van der Waals surface area (Å²) in [5.41, 5.74) is 3.14. The highest BCUT2D eigenvalue weighted by Crippen LogP contribution is 2.27. The molecule has 0 aliphatic rings. The third kappa shape index (κ3) is 7.88. The standard InChI is InChI=1S/C28H30ClN3O6/c1-17-7-5-6-8-22(17)31-28(35)32-23-11-9-19(13-25(23)36-3)14-26(33)30-18(2)16-38-24-12-10-20(15-21(24)29)27(34)37-4/h5-13,15,18H,14,16H2,1-4H3,(H,30,33)(H2,31,32,35)/t18-/m0/s1. The number of hydrogen-bond donors (Lipinski definition) is 3. The Morgan fingerprint density at radius 2 is 1.66 bits per heavy atom. The molecule has 0 unspecified atom stereocenters. The number of rotatable bonds is 10. The minimum atomic E-state index is -0.495. The normalized spacial score (nSPS) is 11.2. The minimum Gasteiger partial charge on any atom is -0.495 e. The van der Waals surface area contributed by atoms with E-state index in [0.29, 0.717) is 34.0 Å². The summed E-state index contributed by atoms with van der Waals surface area (Å²) in [6.07, 6.45) is 0.102.